The number of anilines is 1. The van der Waals surface area contributed by atoms with Gasteiger partial charge in [0.2, 0.25) is 0 Å². The number of hydrogen-bond donors (Lipinski definition) is 2. The molecule has 0 aliphatic carbocycles. The van der Waals surface area contributed by atoms with E-state index in [0.29, 0.717) is 34.4 Å². The monoisotopic (exact) mass is 478 g/mol. The summed E-state index contributed by atoms with van der Waals surface area (Å²) in [6, 6.07) is 16.4. The Morgan fingerprint density at radius 3 is 2.65 bits per heavy atom. The summed E-state index contributed by atoms with van der Waals surface area (Å²) in [7, 11) is 1.71. The Morgan fingerprint density at radius 2 is 1.91 bits per heavy atom. The predicted molar refractivity (Wildman–Crippen MR) is 141 cm³/mol. The highest BCUT2D eigenvalue weighted by Crippen LogP contribution is 2.28. The SMILES string of the molecule is CC.CN=C/C=C(\C)Nc1cc(Oc2cccc(C(=O)NCc3cccc(Cl)c3)c2C)ccn1. The molecular weight excluding hydrogens is 448 g/mol. The quantitative estimate of drug-likeness (QED) is 0.349. The average molecular weight is 479 g/mol. The highest BCUT2D eigenvalue weighted by molar-refractivity contribution is 6.30. The van der Waals surface area contributed by atoms with E-state index in [-0.39, 0.29) is 5.91 Å². The molecule has 7 heteroatoms. The van der Waals surface area contributed by atoms with Crippen molar-refractivity contribution < 1.29 is 9.53 Å². The summed E-state index contributed by atoms with van der Waals surface area (Å²) in [4.78, 5) is 21.0. The molecule has 178 valence electrons. The Hall–Kier alpha value is -3.64. The summed E-state index contributed by atoms with van der Waals surface area (Å²) >= 11 is 6.01. The minimum Gasteiger partial charge on any atom is -0.457 e. The zero-order valence-electron chi connectivity index (χ0n) is 20.2. The normalized spacial score (nSPS) is 10.9. The van der Waals surface area contributed by atoms with Crippen LogP contribution in [0.2, 0.25) is 5.02 Å². The lowest BCUT2D eigenvalue weighted by molar-refractivity contribution is 0.0950. The smallest absolute Gasteiger partial charge is 0.251 e. The first-order chi connectivity index (χ1) is 16.5. The highest BCUT2D eigenvalue weighted by atomic mass is 35.5. The van der Waals surface area contributed by atoms with E-state index in [1.807, 2.05) is 58.0 Å². The lowest BCUT2D eigenvalue weighted by Crippen LogP contribution is -2.23. The molecule has 0 atom stereocenters. The summed E-state index contributed by atoms with van der Waals surface area (Å²) in [5.74, 6) is 1.68. The van der Waals surface area contributed by atoms with E-state index in [1.165, 1.54) is 0 Å². The highest BCUT2D eigenvalue weighted by Gasteiger charge is 2.13. The number of aromatic nitrogens is 1. The van der Waals surface area contributed by atoms with E-state index in [9.17, 15) is 4.79 Å². The number of nitrogens with one attached hydrogen (secondary N) is 2. The second-order valence-corrected chi connectivity index (χ2v) is 7.54. The van der Waals surface area contributed by atoms with Crippen molar-refractivity contribution in [3.63, 3.8) is 0 Å². The Kier molecular flexibility index (Phi) is 10.8. The number of ether oxygens (including phenoxy) is 1. The Morgan fingerprint density at radius 1 is 1.15 bits per heavy atom. The van der Waals surface area contributed by atoms with Crippen molar-refractivity contribution in [1.82, 2.24) is 10.3 Å². The van der Waals surface area contributed by atoms with Gasteiger partial charge in [0.1, 0.15) is 17.3 Å². The molecule has 0 unspecified atom stereocenters. The standard InChI is InChI=1S/C25H25ClN4O2.C2H6/c1-17(10-12-27-3)30-24-15-21(11-13-28-24)32-23-9-5-8-22(18(23)2)25(31)29-16-19-6-4-7-20(26)14-19;1-2/h4-15H,16H2,1-3H3,(H,28,30)(H,29,31);1-2H3/b17-10+,27-12?;. The molecule has 0 aliphatic heterocycles. The Bertz CT molecular complexity index is 1160. The summed E-state index contributed by atoms with van der Waals surface area (Å²) < 4.78 is 6.06. The maximum absolute atomic E-state index is 12.8. The molecule has 34 heavy (non-hydrogen) atoms. The number of halogens is 1. The Labute approximate surface area is 206 Å². The molecule has 0 fully saturated rings. The molecular formula is C27H31ClN4O2. The first kappa shape index (κ1) is 26.6. The first-order valence-electron chi connectivity index (χ1n) is 11.1. The minimum absolute atomic E-state index is 0.177. The van der Waals surface area contributed by atoms with E-state index in [2.05, 4.69) is 20.6 Å². The Balaban J connectivity index is 0.00000199. The number of nitrogens with zero attached hydrogens (tertiary/aromatic N) is 2. The van der Waals surface area contributed by atoms with Gasteiger partial charge < -0.3 is 15.4 Å². The number of benzene rings is 2. The van der Waals surface area contributed by atoms with E-state index in [0.717, 1.165) is 16.8 Å². The molecule has 3 rings (SSSR count). The fourth-order valence-corrected chi connectivity index (χ4v) is 3.21. The molecule has 0 radical (unpaired) electrons. The van der Waals surface area contributed by atoms with Crippen molar-refractivity contribution >= 4 is 29.5 Å². The van der Waals surface area contributed by atoms with Gasteiger partial charge in [0, 0.05) is 53.9 Å². The van der Waals surface area contributed by atoms with Gasteiger partial charge in [-0.25, -0.2) is 4.98 Å². The van der Waals surface area contributed by atoms with Crippen LogP contribution in [0.1, 0.15) is 42.3 Å². The maximum atomic E-state index is 12.8. The van der Waals surface area contributed by atoms with E-state index < -0.39 is 0 Å². The van der Waals surface area contributed by atoms with Crippen LogP contribution in [-0.2, 0) is 6.54 Å². The third-order valence-corrected chi connectivity index (χ3v) is 4.86. The van der Waals surface area contributed by atoms with Crippen molar-refractivity contribution in [2.45, 2.75) is 34.2 Å². The molecule has 2 aromatic carbocycles. The molecule has 0 spiro atoms. The van der Waals surface area contributed by atoms with Crippen LogP contribution in [-0.4, -0.2) is 24.2 Å². The van der Waals surface area contributed by atoms with Crippen LogP contribution >= 0.6 is 11.6 Å². The third-order valence-electron chi connectivity index (χ3n) is 4.63. The molecule has 0 saturated carbocycles. The molecule has 0 bridgehead atoms. The lowest BCUT2D eigenvalue weighted by Gasteiger charge is -2.14. The molecule has 1 amide bonds. The maximum Gasteiger partial charge on any atom is 0.251 e. The minimum atomic E-state index is -0.177. The molecule has 1 heterocycles. The van der Waals surface area contributed by atoms with Gasteiger partial charge in [0.25, 0.3) is 5.91 Å². The molecule has 0 saturated heterocycles. The molecule has 3 aromatic rings. The fourth-order valence-electron chi connectivity index (χ4n) is 3.00. The van der Waals surface area contributed by atoms with Crippen LogP contribution in [0.25, 0.3) is 0 Å². The number of aliphatic imine (C=N–C) groups is 1. The van der Waals surface area contributed by atoms with Crippen LogP contribution in [0.4, 0.5) is 5.82 Å². The van der Waals surface area contributed by atoms with Crippen LogP contribution in [0.3, 0.4) is 0 Å². The zero-order chi connectivity index (χ0) is 24.9. The van der Waals surface area contributed by atoms with Crippen LogP contribution in [0.5, 0.6) is 11.5 Å². The van der Waals surface area contributed by atoms with Crippen LogP contribution < -0.4 is 15.4 Å². The summed E-state index contributed by atoms with van der Waals surface area (Å²) in [6.07, 6.45) is 5.22. The number of allylic oxidation sites excluding steroid dienone is 2. The van der Waals surface area contributed by atoms with Crippen molar-refractivity contribution in [3.8, 4) is 11.5 Å². The fraction of sp³-hybridized carbons (Fsp3) is 0.222. The molecule has 1 aromatic heterocycles. The predicted octanol–water partition coefficient (Wildman–Crippen LogP) is 6.81. The van der Waals surface area contributed by atoms with E-state index in [1.54, 1.807) is 49.8 Å². The number of amides is 1. The van der Waals surface area contributed by atoms with Gasteiger partial charge in [-0.3, -0.25) is 9.79 Å². The number of carbonyl (C=O) groups excluding carboxylic acids is 1. The van der Waals surface area contributed by atoms with Gasteiger partial charge in [-0.1, -0.05) is 43.6 Å². The van der Waals surface area contributed by atoms with Crippen molar-refractivity contribution in [1.29, 1.82) is 0 Å². The van der Waals surface area contributed by atoms with Crippen LogP contribution in [0, 0.1) is 6.92 Å². The molecule has 0 aliphatic rings. The third kappa shape index (κ3) is 8.05. The van der Waals surface area contributed by atoms with E-state index in [4.69, 9.17) is 16.3 Å². The molecule has 6 nitrogen and oxygen atoms in total. The zero-order valence-corrected chi connectivity index (χ0v) is 21.0. The number of hydrogen-bond acceptors (Lipinski definition) is 5. The largest absolute Gasteiger partial charge is 0.457 e. The number of rotatable bonds is 8. The van der Waals surface area contributed by atoms with Crippen LogP contribution in [0.15, 0.2) is 77.6 Å². The number of pyridine rings is 1. The summed E-state index contributed by atoms with van der Waals surface area (Å²) in [5.41, 5.74) is 3.13. The van der Waals surface area contributed by atoms with Crippen molar-refractivity contribution in [2.24, 2.45) is 4.99 Å². The second-order valence-electron chi connectivity index (χ2n) is 7.10. The van der Waals surface area contributed by atoms with Gasteiger partial charge in [-0.15, -0.1) is 0 Å². The van der Waals surface area contributed by atoms with Gasteiger partial charge in [0.15, 0.2) is 0 Å². The molecule has 2 N–H and O–H groups in total. The van der Waals surface area contributed by atoms with Crippen molar-refractivity contribution in [2.75, 3.05) is 12.4 Å². The van der Waals surface area contributed by atoms with Gasteiger partial charge in [-0.2, -0.15) is 0 Å². The van der Waals surface area contributed by atoms with Gasteiger partial charge in [0.05, 0.1) is 0 Å². The van der Waals surface area contributed by atoms with E-state index >= 15 is 0 Å². The average Bonchev–Trinajstić information content (AvgIpc) is 2.84. The summed E-state index contributed by atoms with van der Waals surface area (Å²) in [5, 5.41) is 6.76. The van der Waals surface area contributed by atoms with Gasteiger partial charge >= 0.3 is 0 Å². The number of carbonyl (C=O) groups is 1. The van der Waals surface area contributed by atoms with Gasteiger partial charge in [-0.05, 0) is 55.8 Å². The lowest BCUT2D eigenvalue weighted by atomic mass is 10.1. The topological polar surface area (TPSA) is 75.6 Å². The summed E-state index contributed by atoms with van der Waals surface area (Å²) in [6.45, 7) is 8.17. The second kappa shape index (κ2) is 13.8. The van der Waals surface area contributed by atoms with Crippen molar-refractivity contribution in [3.05, 3.63) is 94.3 Å². The first-order valence-corrected chi connectivity index (χ1v) is 11.5.